The minimum atomic E-state index is 0.137. The zero-order chi connectivity index (χ0) is 15.7. The summed E-state index contributed by atoms with van der Waals surface area (Å²) in [5, 5.41) is 0. The molecule has 0 N–H and O–H groups in total. The van der Waals surface area contributed by atoms with Crippen molar-refractivity contribution >= 4 is 11.2 Å². The van der Waals surface area contributed by atoms with Crippen molar-refractivity contribution in [1.29, 1.82) is 0 Å². The van der Waals surface area contributed by atoms with Crippen molar-refractivity contribution in [3.8, 4) is 0 Å². The van der Waals surface area contributed by atoms with E-state index in [4.69, 9.17) is 4.98 Å². The molecular formula is C17H21N5. The molecule has 3 heterocycles. The highest BCUT2D eigenvalue weighted by Gasteiger charge is 2.17. The van der Waals surface area contributed by atoms with Gasteiger partial charge in [-0.15, -0.1) is 0 Å². The van der Waals surface area contributed by atoms with E-state index in [1.165, 1.54) is 0 Å². The van der Waals surface area contributed by atoms with Gasteiger partial charge in [-0.05, 0) is 25.0 Å². The lowest BCUT2D eigenvalue weighted by Crippen LogP contribution is -2.09. The molecule has 1 unspecified atom stereocenters. The molecule has 0 aliphatic rings. The zero-order valence-corrected chi connectivity index (χ0v) is 13.5. The van der Waals surface area contributed by atoms with Gasteiger partial charge < -0.3 is 4.57 Å². The van der Waals surface area contributed by atoms with Gasteiger partial charge in [0.05, 0.1) is 18.1 Å². The molecular weight excluding hydrogens is 274 g/mol. The Hall–Kier alpha value is -2.30. The van der Waals surface area contributed by atoms with Crippen LogP contribution in [-0.4, -0.2) is 24.5 Å². The molecule has 0 bridgehead atoms. The molecule has 0 radical (unpaired) electrons. The molecule has 5 nitrogen and oxygen atoms in total. The fourth-order valence-electron chi connectivity index (χ4n) is 2.57. The Labute approximate surface area is 130 Å². The van der Waals surface area contributed by atoms with Crippen LogP contribution in [0.25, 0.3) is 11.2 Å². The van der Waals surface area contributed by atoms with Gasteiger partial charge >= 0.3 is 0 Å². The van der Waals surface area contributed by atoms with E-state index in [-0.39, 0.29) is 6.04 Å². The van der Waals surface area contributed by atoms with Crippen molar-refractivity contribution in [2.75, 3.05) is 0 Å². The highest BCUT2D eigenvalue weighted by Crippen LogP contribution is 2.24. The highest BCUT2D eigenvalue weighted by molar-refractivity contribution is 5.73. The summed E-state index contributed by atoms with van der Waals surface area (Å²) < 4.78 is 2.11. The lowest BCUT2D eigenvalue weighted by Gasteiger charge is -2.15. The standard InChI is InChI=1S/C17H21N5/c1-5-14-15-17(21-16(20-14)11(2)3)22(10-19-15)12(4)13-7-6-8-18-9-13/h6-12H,5H2,1-4H3. The van der Waals surface area contributed by atoms with E-state index in [9.17, 15) is 0 Å². The summed E-state index contributed by atoms with van der Waals surface area (Å²) in [6.07, 6.45) is 6.40. The Morgan fingerprint density at radius 1 is 1.18 bits per heavy atom. The van der Waals surface area contributed by atoms with E-state index in [0.29, 0.717) is 5.92 Å². The van der Waals surface area contributed by atoms with Crippen molar-refractivity contribution in [2.45, 2.75) is 46.1 Å². The van der Waals surface area contributed by atoms with Crippen molar-refractivity contribution in [3.63, 3.8) is 0 Å². The van der Waals surface area contributed by atoms with Gasteiger partial charge in [0.15, 0.2) is 5.65 Å². The van der Waals surface area contributed by atoms with Crippen LogP contribution in [0.2, 0.25) is 0 Å². The number of fused-ring (bicyclic) bond motifs is 1. The van der Waals surface area contributed by atoms with Crippen molar-refractivity contribution in [3.05, 3.63) is 47.9 Å². The van der Waals surface area contributed by atoms with Gasteiger partial charge in [0, 0.05) is 18.3 Å². The molecule has 1 atom stereocenters. The molecule has 0 fully saturated rings. The van der Waals surface area contributed by atoms with Crippen LogP contribution in [0.1, 0.15) is 56.7 Å². The molecule has 114 valence electrons. The van der Waals surface area contributed by atoms with Crippen LogP contribution in [0.3, 0.4) is 0 Å². The second-order valence-corrected chi connectivity index (χ2v) is 5.82. The molecule has 0 amide bonds. The Morgan fingerprint density at radius 3 is 2.64 bits per heavy atom. The molecule has 0 saturated carbocycles. The van der Waals surface area contributed by atoms with E-state index >= 15 is 0 Å². The molecule has 0 aliphatic heterocycles. The molecule has 22 heavy (non-hydrogen) atoms. The van der Waals surface area contributed by atoms with Crippen LogP contribution in [0.5, 0.6) is 0 Å². The maximum atomic E-state index is 4.76. The molecule has 0 saturated heterocycles. The van der Waals surface area contributed by atoms with Crippen molar-refractivity contribution in [1.82, 2.24) is 24.5 Å². The van der Waals surface area contributed by atoms with E-state index < -0.39 is 0 Å². The van der Waals surface area contributed by atoms with E-state index in [0.717, 1.165) is 34.7 Å². The lowest BCUT2D eigenvalue weighted by atomic mass is 10.1. The van der Waals surface area contributed by atoms with Crippen LogP contribution in [0.15, 0.2) is 30.9 Å². The topological polar surface area (TPSA) is 56.5 Å². The summed E-state index contributed by atoms with van der Waals surface area (Å²) in [6, 6.07) is 4.17. The molecule has 5 heteroatoms. The lowest BCUT2D eigenvalue weighted by molar-refractivity contribution is 0.645. The maximum Gasteiger partial charge on any atom is 0.164 e. The fourth-order valence-corrected chi connectivity index (χ4v) is 2.57. The van der Waals surface area contributed by atoms with Crippen LogP contribution in [0.4, 0.5) is 0 Å². The minimum Gasteiger partial charge on any atom is -0.308 e. The predicted molar refractivity (Wildman–Crippen MR) is 86.8 cm³/mol. The van der Waals surface area contributed by atoms with Gasteiger partial charge in [0.2, 0.25) is 0 Å². The molecule has 3 rings (SSSR count). The van der Waals surface area contributed by atoms with Gasteiger partial charge in [-0.1, -0.05) is 26.8 Å². The number of hydrogen-bond donors (Lipinski definition) is 0. The largest absolute Gasteiger partial charge is 0.308 e. The quantitative estimate of drug-likeness (QED) is 0.739. The van der Waals surface area contributed by atoms with Crippen molar-refractivity contribution < 1.29 is 0 Å². The van der Waals surface area contributed by atoms with Gasteiger partial charge in [-0.3, -0.25) is 4.98 Å². The van der Waals surface area contributed by atoms with Crippen LogP contribution < -0.4 is 0 Å². The Balaban J connectivity index is 2.16. The summed E-state index contributed by atoms with van der Waals surface area (Å²) in [6.45, 7) is 8.48. The van der Waals surface area contributed by atoms with E-state index in [1.807, 2.05) is 18.6 Å². The van der Waals surface area contributed by atoms with Crippen LogP contribution in [-0.2, 0) is 6.42 Å². The molecule has 0 aliphatic carbocycles. The number of hydrogen-bond acceptors (Lipinski definition) is 4. The molecule has 0 aromatic carbocycles. The third-order valence-corrected chi connectivity index (χ3v) is 3.95. The SMILES string of the molecule is CCc1nc(C(C)C)nc2c1ncn2C(C)c1cccnc1. The van der Waals surface area contributed by atoms with Gasteiger partial charge in [-0.25, -0.2) is 15.0 Å². The third kappa shape index (κ3) is 2.47. The summed E-state index contributed by atoms with van der Waals surface area (Å²) in [4.78, 5) is 18.2. The Bertz CT molecular complexity index is 776. The first kappa shape index (κ1) is 14.6. The number of aromatic nitrogens is 5. The smallest absolute Gasteiger partial charge is 0.164 e. The van der Waals surface area contributed by atoms with Gasteiger partial charge in [0.1, 0.15) is 11.3 Å². The van der Waals surface area contributed by atoms with Crippen LogP contribution >= 0.6 is 0 Å². The number of aryl methyl sites for hydroxylation is 1. The number of imidazole rings is 1. The first-order valence-electron chi connectivity index (χ1n) is 7.75. The maximum absolute atomic E-state index is 4.76. The Morgan fingerprint density at radius 2 is 2.00 bits per heavy atom. The monoisotopic (exact) mass is 295 g/mol. The van der Waals surface area contributed by atoms with E-state index in [2.05, 4.69) is 53.3 Å². The number of pyridine rings is 1. The average Bonchev–Trinajstić information content (AvgIpc) is 2.97. The number of nitrogens with zero attached hydrogens (tertiary/aromatic N) is 5. The molecule has 3 aromatic rings. The highest BCUT2D eigenvalue weighted by atomic mass is 15.1. The molecule has 3 aromatic heterocycles. The first-order valence-corrected chi connectivity index (χ1v) is 7.75. The van der Waals surface area contributed by atoms with Gasteiger partial charge in [0.25, 0.3) is 0 Å². The summed E-state index contributed by atoms with van der Waals surface area (Å²) in [5.41, 5.74) is 3.98. The summed E-state index contributed by atoms with van der Waals surface area (Å²) in [5.74, 6) is 1.18. The summed E-state index contributed by atoms with van der Waals surface area (Å²) >= 11 is 0. The Kier molecular flexibility index (Phi) is 3.88. The minimum absolute atomic E-state index is 0.137. The van der Waals surface area contributed by atoms with Gasteiger partial charge in [-0.2, -0.15) is 0 Å². The van der Waals surface area contributed by atoms with Crippen molar-refractivity contribution in [2.24, 2.45) is 0 Å². The third-order valence-electron chi connectivity index (χ3n) is 3.95. The summed E-state index contributed by atoms with van der Waals surface area (Å²) in [7, 11) is 0. The van der Waals surface area contributed by atoms with E-state index in [1.54, 1.807) is 6.20 Å². The van der Waals surface area contributed by atoms with Crippen LogP contribution in [0, 0.1) is 0 Å². The average molecular weight is 295 g/mol. The normalized spacial score (nSPS) is 13.0. The zero-order valence-electron chi connectivity index (χ0n) is 13.5. The first-order chi connectivity index (χ1) is 10.6. The molecule has 0 spiro atoms. The number of rotatable bonds is 4. The fraction of sp³-hybridized carbons (Fsp3) is 0.412. The second kappa shape index (κ2) is 5.83. The predicted octanol–water partition coefficient (Wildman–Crippen LogP) is 3.52. The second-order valence-electron chi connectivity index (χ2n) is 5.82.